The van der Waals surface area contributed by atoms with Gasteiger partial charge in [-0.2, -0.15) is 0 Å². The molecule has 0 fully saturated rings. The summed E-state index contributed by atoms with van der Waals surface area (Å²) in [5, 5.41) is 19.3. The third-order valence-electron chi connectivity index (χ3n) is 8.55. The second-order valence-electron chi connectivity index (χ2n) is 13.9. The first kappa shape index (κ1) is 44.3. The van der Waals surface area contributed by atoms with Crippen molar-refractivity contribution in [1.29, 1.82) is 0 Å². The molecule has 2 aromatic heterocycles. The van der Waals surface area contributed by atoms with Gasteiger partial charge in [0.15, 0.2) is 11.6 Å². The first-order chi connectivity index (χ1) is 27.3. The van der Waals surface area contributed by atoms with E-state index in [9.17, 15) is 29.3 Å². The Balaban J connectivity index is 0.000000221. The molecule has 0 aliphatic heterocycles. The number of carbonyl (C=O) groups excluding carboxylic acids is 2. The van der Waals surface area contributed by atoms with Crippen molar-refractivity contribution in [3.8, 4) is 0 Å². The number of aromatic nitrogens is 2. The van der Waals surface area contributed by atoms with Gasteiger partial charge in [0.25, 0.3) is 5.69 Å². The van der Waals surface area contributed by atoms with Gasteiger partial charge in [-0.3, -0.25) is 29.3 Å². The van der Waals surface area contributed by atoms with Crippen molar-refractivity contribution in [2.75, 3.05) is 16.4 Å². The predicted octanol–water partition coefficient (Wildman–Crippen LogP) is 12.4. The number of halogens is 6. The maximum absolute atomic E-state index is 13.3. The standard InChI is InChI=1S/C20H16Cl3N3O4.C20H18Cl3N3O2/c1-9(2)7-15(27)17-19(28)16-14(26(29)30)6-4-11(22)18(16)25-20(17)24-13-5-3-10(21)8-12(13)23;1-9(2)7-15(27)17-19(28)16-13(24)5-4-11(22)18(16)26-20(17)25-14-6-3-10(21)8-12(14)23/h3-6,8-9H,7H2,1-2H3,(H2,24,25,28);3-6,8-9H,7,24H2,1-2H3,(H2,25,26,28). The molecular formula is C40H34Cl6N6O6. The third kappa shape index (κ3) is 9.71. The van der Waals surface area contributed by atoms with E-state index in [2.05, 4.69) is 20.6 Å². The van der Waals surface area contributed by atoms with Crippen molar-refractivity contribution in [2.45, 2.75) is 40.5 Å². The molecule has 12 nitrogen and oxygen atoms in total. The lowest BCUT2D eigenvalue weighted by Gasteiger charge is -2.16. The Morgan fingerprint density at radius 3 is 1.48 bits per heavy atom. The van der Waals surface area contributed by atoms with Gasteiger partial charge in [-0.05, 0) is 66.4 Å². The van der Waals surface area contributed by atoms with E-state index >= 15 is 0 Å². The number of nitro benzene ring substituents is 1. The van der Waals surface area contributed by atoms with Crippen LogP contribution in [0.4, 0.5) is 34.4 Å². The summed E-state index contributed by atoms with van der Waals surface area (Å²) in [5.41, 5.74) is 5.56. The van der Waals surface area contributed by atoms with Crippen LogP contribution in [-0.2, 0) is 0 Å². The highest BCUT2D eigenvalue weighted by Crippen LogP contribution is 2.35. The smallest absolute Gasteiger partial charge is 0.282 e. The van der Waals surface area contributed by atoms with Crippen LogP contribution in [0.5, 0.6) is 0 Å². The lowest BCUT2D eigenvalue weighted by atomic mass is 9.99. The van der Waals surface area contributed by atoms with Crippen LogP contribution in [0.25, 0.3) is 21.8 Å². The predicted molar refractivity (Wildman–Crippen MR) is 237 cm³/mol. The van der Waals surface area contributed by atoms with E-state index < -0.39 is 27.3 Å². The molecule has 0 bridgehead atoms. The number of nitrogens with one attached hydrogen (secondary N) is 4. The SMILES string of the molecule is CC(C)CC(=O)c1c(Nc2ccc(Cl)cc2Cl)[nH]c2c(Cl)ccc(N)c2c1=O.CC(C)CC(=O)c1c(Nc2ccc(Cl)cc2Cl)[nH]c2c(Cl)ccc([N+](=O)[O-])c2c1=O. The van der Waals surface area contributed by atoms with E-state index in [-0.39, 0.29) is 85.2 Å². The van der Waals surface area contributed by atoms with E-state index in [1.165, 1.54) is 12.1 Å². The molecule has 58 heavy (non-hydrogen) atoms. The lowest BCUT2D eigenvalue weighted by molar-refractivity contribution is -0.383. The number of rotatable bonds is 11. The molecular weight excluding hydrogens is 873 g/mol. The normalized spacial score (nSPS) is 11.2. The number of ketones is 2. The average Bonchev–Trinajstić information content (AvgIpc) is 3.12. The van der Waals surface area contributed by atoms with Gasteiger partial charge in [-0.1, -0.05) is 97.3 Å². The molecule has 0 spiro atoms. The first-order valence-corrected chi connectivity index (χ1v) is 19.7. The van der Waals surface area contributed by atoms with Crippen LogP contribution in [0.15, 0.2) is 70.3 Å². The first-order valence-electron chi connectivity index (χ1n) is 17.5. The number of benzene rings is 4. The highest BCUT2D eigenvalue weighted by Gasteiger charge is 2.27. The van der Waals surface area contributed by atoms with Gasteiger partial charge < -0.3 is 26.3 Å². The zero-order valence-electron chi connectivity index (χ0n) is 31.1. The summed E-state index contributed by atoms with van der Waals surface area (Å²) in [6.45, 7) is 7.47. The second kappa shape index (κ2) is 18.4. The number of nitro groups is 1. The van der Waals surface area contributed by atoms with Gasteiger partial charge in [0.05, 0.1) is 52.8 Å². The maximum Gasteiger partial charge on any atom is 0.282 e. The van der Waals surface area contributed by atoms with Crippen molar-refractivity contribution >= 4 is 137 Å². The molecule has 0 unspecified atom stereocenters. The molecule has 0 radical (unpaired) electrons. The fourth-order valence-corrected chi connectivity index (χ4v) is 7.32. The number of hydrogen-bond acceptors (Lipinski definition) is 9. The fourth-order valence-electron chi connectivity index (χ4n) is 6.00. The Morgan fingerprint density at radius 1 is 0.655 bits per heavy atom. The summed E-state index contributed by atoms with van der Waals surface area (Å²) in [4.78, 5) is 69.0. The van der Waals surface area contributed by atoms with Gasteiger partial charge in [0, 0.05) is 34.6 Å². The van der Waals surface area contributed by atoms with Gasteiger partial charge in [-0.15, -0.1) is 0 Å². The van der Waals surface area contributed by atoms with Crippen LogP contribution in [0.3, 0.4) is 0 Å². The molecule has 6 aromatic rings. The fraction of sp³-hybridized carbons (Fsp3) is 0.200. The number of carbonyl (C=O) groups is 2. The molecule has 0 aliphatic rings. The minimum atomic E-state index is -0.781. The summed E-state index contributed by atoms with van der Waals surface area (Å²) in [7, 11) is 0. The Labute approximate surface area is 361 Å². The van der Waals surface area contributed by atoms with E-state index in [0.717, 1.165) is 6.07 Å². The summed E-state index contributed by atoms with van der Waals surface area (Å²) in [6, 6.07) is 15.1. The largest absolute Gasteiger partial charge is 0.398 e. The zero-order valence-corrected chi connectivity index (χ0v) is 35.6. The number of nitrogens with zero attached hydrogens (tertiary/aromatic N) is 1. The maximum atomic E-state index is 13.3. The molecule has 0 atom stereocenters. The van der Waals surface area contributed by atoms with Crippen LogP contribution < -0.4 is 27.2 Å². The van der Waals surface area contributed by atoms with Crippen LogP contribution in [0, 0.1) is 22.0 Å². The molecule has 18 heteroatoms. The van der Waals surface area contributed by atoms with E-state index in [1.807, 2.05) is 27.7 Å². The quantitative estimate of drug-likeness (QED) is 0.0364. The summed E-state index contributed by atoms with van der Waals surface area (Å²) in [5.74, 6) is -0.468. The average molecular weight is 907 g/mol. The number of Topliss-reactive ketones (excluding diaryl/α,β-unsaturated/α-hetero) is 2. The number of aromatic amines is 2. The number of hydrogen-bond donors (Lipinski definition) is 5. The van der Waals surface area contributed by atoms with Crippen LogP contribution in [-0.4, -0.2) is 26.5 Å². The van der Waals surface area contributed by atoms with Gasteiger partial charge in [0.2, 0.25) is 10.9 Å². The Hall–Kier alpha value is -4.82. The molecule has 0 saturated heterocycles. The minimum absolute atomic E-state index is 0.0128. The number of nitrogen functional groups attached to an aromatic ring is 1. The molecule has 302 valence electrons. The lowest BCUT2D eigenvalue weighted by Crippen LogP contribution is -2.21. The highest BCUT2D eigenvalue weighted by molar-refractivity contribution is 6.38. The summed E-state index contributed by atoms with van der Waals surface area (Å²) < 4.78 is 0. The number of non-ortho nitro benzene ring substituents is 1. The molecule has 2 heterocycles. The monoisotopic (exact) mass is 904 g/mol. The molecule has 0 amide bonds. The van der Waals surface area contributed by atoms with Crippen LogP contribution in [0.2, 0.25) is 30.1 Å². The number of H-pyrrole nitrogens is 2. The van der Waals surface area contributed by atoms with E-state index in [0.29, 0.717) is 37.0 Å². The second-order valence-corrected chi connectivity index (χ2v) is 16.4. The summed E-state index contributed by atoms with van der Waals surface area (Å²) >= 11 is 36.8. The van der Waals surface area contributed by atoms with Gasteiger partial charge in [0.1, 0.15) is 28.1 Å². The third-order valence-corrected chi connectivity index (χ3v) is 10.3. The molecule has 6 N–H and O–H groups in total. The van der Waals surface area contributed by atoms with Gasteiger partial charge >= 0.3 is 0 Å². The van der Waals surface area contributed by atoms with Crippen molar-refractivity contribution in [2.24, 2.45) is 11.8 Å². The Kier molecular flexibility index (Phi) is 14.1. The number of nitrogens with two attached hydrogens (primary N) is 1. The number of anilines is 5. The number of pyridine rings is 2. The summed E-state index contributed by atoms with van der Waals surface area (Å²) in [6.07, 6.45) is 0.282. The van der Waals surface area contributed by atoms with Crippen molar-refractivity contribution in [3.05, 3.63) is 132 Å². The molecule has 6 rings (SSSR count). The topological polar surface area (TPSA) is 193 Å². The molecule has 0 saturated carbocycles. The molecule has 0 aliphatic carbocycles. The van der Waals surface area contributed by atoms with Crippen molar-refractivity contribution in [1.82, 2.24) is 9.97 Å². The Bertz CT molecular complexity index is 2750. The van der Waals surface area contributed by atoms with Crippen LogP contribution >= 0.6 is 69.6 Å². The van der Waals surface area contributed by atoms with Crippen molar-refractivity contribution in [3.63, 3.8) is 0 Å². The van der Waals surface area contributed by atoms with Crippen LogP contribution in [0.1, 0.15) is 61.3 Å². The zero-order chi connectivity index (χ0) is 42.7. The van der Waals surface area contributed by atoms with Crippen molar-refractivity contribution < 1.29 is 14.5 Å². The minimum Gasteiger partial charge on any atom is -0.398 e. The number of fused-ring (bicyclic) bond motifs is 2. The van der Waals surface area contributed by atoms with Gasteiger partial charge in [-0.25, -0.2) is 0 Å². The highest BCUT2D eigenvalue weighted by atomic mass is 35.5. The van der Waals surface area contributed by atoms with E-state index in [4.69, 9.17) is 75.3 Å². The molecule has 4 aromatic carbocycles. The van der Waals surface area contributed by atoms with E-state index in [1.54, 1.807) is 42.5 Å². The Morgan fingerprint density at radius 2 is 1.07 bits per heavy atom.